The molecule has 4 heteroatoms. The molecule has 0 aliphatic heterocycles. The second kappa shape index (κ2) is 7.51. The first-order valence-corrected chi connectivity index (χ1v) is 8.53. The number of halogens is 1. The van der Waals surface area contributed by atoms with E-state index in [0.29, 0.717) is 5.92 Å². The van der Waals surface area contributed by atoms with Gasteiger partial charge in [-0.15, -0.1) is 0 Å². The van der Waals surface area contributed by atoms with Crippen molar-refractivity contribution < 1.29 is 9.13 Å². The van der Waals surface area contributed by atoms with Gasteiger partial charge in [-0.25, -0.2) is 9.37 Å². The molecule has 0 aliphatic carbocycles. The van der Waals surface area contributed by atoms with Crippen LogP contribution in [0.2, 0.25) is 0 Å². The topological polar surface area (TPSA) is 27.1 Å². The van der Waals surface area contributed by atoms with Crippen LogP contribution in [0, 0.1) is 5.82 Å². The van der Waals surface area contributed by atoms with Crippen molar-refractivity contribution in [1.29, 1.82) is 0 Å². The molecule has 0 saturated heterocycles. The Morgan fingerprint density at radius 3 is 2.48 bits per heavy atom. The van der Waals surface area contributed by atoms with E-state index >= 15 is 0 Å². The Kier molecular flexibility index (Phi) is 5.17. The van der Waals surface area contributed by atoms with E-state index in [4.69, 9.17) is 4.74 Å². The van der Waals surface area contributed by atoms with Crippen molar-refractivity contribution in [1.82, 2.24) is 9.55 Å². The van der Waals surface area contributed by atoms with Gasteiger partial charge in [0.2, 0.25) is 0 Å². The maximum atomic E-state index is 13.2. The summed E-state index contributed by atoms with van der Waals surface area (Å²) in [7, 11) is 1.70. The molecular weight excluding hydrogens is 315 g/mol. The summed E-state index contributed by atoms with van der Waals surface area (Å²) in [4.78, 5) is 4.60. The number of ether oxygens (including phenoxy) is 1. The van der Waals surface area contributed by atoms with Crippen molar-refractivity contribution in [2.75, 3.05) is 7.11 Å². The fourth-order valence-corrected chi connectivity index (χ4v) is 3.16. The number of methoxy groups -OCH3 is 1. The predicted octanol–water partition coefficient (Wildman–Crippen LogP) is 5.06. The Labute approximate surface area is 148 Å². The Morgan fingerprint density at radius 1 is 1.08 bits per heavy atom. The van der Waals surface area contributed by atoms with Crippen LogP contribution in [0.15, 0.2) is 54.9 Å². The summed E-state index contributed by atoms with van der Waals surface area (Å²) in [5.74, 6) is 0.998. The molecule has 0 atom stereocenters. The Hall–Kier alpha value is -2.62. The zero-order chi connectivity index (χ0) is 17.8. The van der Waals surface area contributed by atoms with Crippen LogP contribution in [0.5, 0.6) is 5.75 Å². The lowest BCUT2D eigenvalue weighted by Crippen LogP contribution is -2.07. The van der Waals surface area contributed by atoms with E-state index < -0.39 is 0 Å². The van der Waals surface area contributed by atoms with Gasteiger partial charge in [-0.05, 0) is 48.2 Å². The predicted molar refractivity (Wildman–Crippen MR) is 98.4 cm³/mol. The van der Waals surface area contributed by atoms with Gasteiger partial charge in [0.25, 0.3) is 0 Å². The van der Waals surface area contributed by atoms with Crippen molar-refractivity contribution in [3.63, 3.8) is 0 Å². The van der Waals surface area contributed by atoms with Crippen molar-refractivity contribution in [3.8, 4) is 17.0 Å². The number of nitrogens with zero attached hydrogens (tertiary/aromatic N) is 2. The number of imidazole rings is 1. The Morgan fingerprint density at radius 2 is 1.80 bits per heavy atom. The van der Waals surface area contributed by atoms with E-state index in [2.05, 4.69) is 29.5 Å². The molecule has 0 spiro atoms. The number of rotatable bonds is 6. The molecule has 0 amide bonds. The average molecular weight is 338 g/mol. The number of benzene rings is 2. The number of hydrogen-bond acceptors (Lipinski definition) is 2. The van der Waals surface area contributed by atoms with Gasteiger partial charge in [-0.3, -0.25) is 0 Å². The van der Waals surface area contributed by atoms with Crippen LogP contribution in [-0.2, 0) is 13.0 Å². The third kappa shape index (κ3) is 3.73. The minimum Gasteiger partial charge on any atom is -0.496 e. The first kappa shape index (κ1) is 17.2. The minimum atomic E-state index is -0.231. The quantitative estimate of drug-likeness (QED) is 0.628. The summed E-state index contributed by atoms with van der Waals surface area (Å²) >= 11 is 0. The fourth-order valence-electron chi connectivity index (χ4n) is 3.16. The maximum Gasteiger partial charge on any atom is 0.123 e. The lowest BCUT2D eigenvalue weighted by molar-refractivity contribution is 0.408. The average Bonchev–Trinajstić information content (AvgIpc) is 3.05. The summed E-state index contributed by atoms with van der Waals surface area (Å²) in [6, 6.07) is 14.6. The van der Waals surface area contributed by atoms with E-state index in [1.807, 2.05) is 24.5 Å². The van der Waals surface area contributed by atoms with Gasteiger partial charge in [-0.2, -0.15) is 0 Å². The van der Waals surface area contributed by atoms with E-state index in [-0.39, 0.29) is 5.82 Å². The van der Waals surface area contributed by atoms with Crippen molar-refractivity contribution in [3.05, 3.63) is 71.9 Å². The Balaban J connectivity index is 1.88. The highest BCUT2D eigenvalue weighted by molar-refractivity contribution is 5.62. The second-order valence-corrected chi connectivity index (χ2v) is 6.40. The molecule has 0 saturated carbocycles. The van der Waals surface area contributed by atoms with Gasteiger partial charge in [0.15, 0.2) is 0 Å². The molecule has 0 fully saturated rings. The molecule has 25 heavy (non-hydrogen) atoms. The monoisotopic (exact) mass is 338 g/mol. The van der Waals surface area contributed by atoms with Gasteiger partial charge in [-0.1, -0.05) is 32.0 Å². The van der Waals surface area contributed by atoms with Crippen LogP contribution >= 0.6 is 0 Å². The molecule has 3 nitrogen and oxygen atoms in total. The first-order chi connectivity index (χ1) is 12.1. The Bertz CT molecular complexity index is 837. The number of aromatic nitrogens is 2. The fraction of sp³-hybridized carbons (Fsp3) is 0.286. The van der Waals surface area contributed by atoms with Gasteiger partial charge >= 0.3 is 0 Å². The molecule has 3 rings (SSSR count). The molecule has 2 aromatic carbocycles. The SMILES string of the molecule is COc1ccccc1CCn1cnc(-c2ccc(F)cc2)c1C(C)C. The molecule has 3 aromatic rings. The van der Waals surface area contributed by atoms with E-state index in [0.717, 1.165) is 30.0 Å². The summed E-state index contributed by atoms with van der Waals surface area (Å²) in [5.41, 5.74) is 4.22. The molecule has 0 N–H and O–H groups in total. The molecule has 0 radical (unpaired) electrons. The normalized spacial score (nSPS) is 11.1. The number of hydrogen-bond donors (Lipinski definition) is 0. The molecule has 1 heterocycles. The minimum absolute atomic E-state index is 0.231. The highest BCUT2D eigenvalue weighted by Crippen LogP contribution is 2.29. The lowest BCUT2D eigenvalue weighted by atomic mass is 10.0. The summed E-state index contributed by atoms with van der Waals surface area (Å²) < 4.78 is 20.8. The molecule has 0 unspecified atom stereocenters. The summed E-state index contributed by atoms with van der Waals surface area (Å²) in [6.07, 6.45) is 2.74. The van der Waals surface area contributed by atoms with Crippen LogP contribution in [0.1, 0.15) is 31.0 Å². The molecule has 0 bridgehead atoms. The third-order valence-corrected chi connectivity index (χ3v) is 4.36. The summed E-state index contributed by atoms with van der Waals surface area (Å²) in [5, 5.41) is 0. The maximum absolute atomic E-state index is 13.2. The third-order valence-electron chi connectivity index (χ3n) is 4.36. The van der Waals surface area contributed by atoms with E-state index in [1.165, 1.54) is 23.4 Å². The van der Waals surface area contributed by atoms with Crippen molar-refractivity contribution in [2.45, 2.75) is 32.7 Å². The van der Waals surface area contributed by atoms with E-state index in [1.54, 1.807) is 19.2 Å². The highest BCUT2D eigenvalue weighted by atomic mass is 19.1. The smallest absolute Gasteiger partial charge is 0.123 e. The second-order valence-electron chi connectivity index (χ2n) is 6.40. The van der Waals surface area contributed by atoms with E-state index in [9.17, 15) is 4.39 Å². The first-order valence-electron chi connectivity index (χ1n) is 8.53. The molecular formula is C21H23FN2O. The van der Waals surface area contributed by atoms with Crippen LogP contribution < -0.4 is 4.74 Å². The van der Waals surface area contributed by atoms with Gasteiger partial charge in [0.05, 0.1) is 19.1 Å². The zero-order valence-electron chi connectivity index (χ0n) is 14.9. The van der Waals surface area contributed by atoms with Gasteiger partial charge in [0.1, 0.15) is 11.6 Å². The van der Waals surface area contributed by atoms with Crippen LogP contribution in [-0.4, -0.2) is 16.7 Å². The number of para-hydroxylation sites is 1. The molecule has 0 aliphatic rings. The van der Waals surface area contributed by atoms with Crippen molar-refractivity contribution >= 4 is 0 Å². The van der Waals surface area contributed by atoms with Crippen LogP contribution in [0.4, 0.5) is 4.39 Å². The van der Waals surface area contributed by atoms with Crippen LogP contribution in [0.3, 0.4) is 0 Å². The zero-order valence-corrected chi connectivity index (χ0v) is 14.9. The highest BCUT2D eigenvalue weighted by Gasteiger charge is 2.16. The standard InChI is InChI=1S/C21H23FN2O/c1-15(2)21-20(17-8-10-18(22)11-9-17)23-14-24(21)13-12-16-6-4-5-7-19(16)25-3/h4-11,14-15H,12-13H2,1-3H3. The molecule has 1 aromatic heterocycles. The van der Waals surface area contributed by atoms with Gasteiger partial charge < -0.3 is 9.30 Å². The lowest BCUT2D eigenvalue weighted by Gasteiger charge is -2.14. The summed E-state index contributed by atoms with van der Waals surface area (Å²) in [6.45, 7) is 5.13. The van der Waals surface area contributed by atoms with Crippen LogP contribution in [0.25, 0.3) is 11.3 Å². The molecule has 130 valence electrons. The largest absolute Gasteiger partial charge is 0.496 e. The van der Waals surface area contributed by atoms with Gasteiger partial charge in [0, 0.05) is 17.8 Å². The number of aryl methyl sites for hydroxylation is 2. The van der Waals surface area contributed by atoms with Crippen molar-refractivity contribution in [2.24, 2.45) is 0 Å².